The lowest BCUT2D eigenvalue weighted by Crippen LogP contribution is -2.49. The first-order chi connectivity index (χ1) is 14.9. The molecule has 0 bridgehead atoms. The number of rotatable bonds is 6. The fourth-order valence-corrected chi connectivity index (χ4v) is 4.86. The monoisotopic (exact) mass is 448 g/mol. The molecule has 0 saturated carbocycles. The normalized spacial score (nSPS) is 14.9. The summed E-state index contributed by atoms with van der Waals surface area (Å²) in [5.41, 5.74) is 1.23. The Labute approximate surface area is 182 Å². The van der Waals surface area contributed by atoms with Crippen molar-refractivity contribution in [2.24, 2.45) is 0 Å². The molecule has 0 N–H and O–H groups in total. The van der Waals surface area contributed by atoms with Crippen LogP contribution in [0.2, 0.25) is 0 Å². The van der Waals surface area contributed by atoms with E-state index in [1.807, 2.05) is 28.0 Å². The van der Waals surface area contributed by atoms with E-state index in [0.29, 0.717) is 48.6 Å². The molecule has 164 valence electrons. The summed E-state index contributed by atoms with van der Waals surface area (Å²) in [6.45, 7) is 2.35. The van der Waals surface area contributed by atoms with Crippen LogP contribution in [0.25, 0.3) is 10.2 Å². The van der Waals surface area contributed by atoms with Gasteiger partial charge in [-0.05, 0) is 24.5 Å². The van der Waals surface area contributed by atoms with Gasteiger partial charge in [0.1, 0.15) is 17.0 Å². The molecule has 3 heterocycles. The summed E-state index contributed by atoms with van der Waals surface area (Å²) in [5.74, 6) is 0.789. The van der Waals surface area contributed by atoms with Crippen LogP contribution in [0.4, 0.5) is 19.0 Å². The highest BCUT2D eigenvalue weighted by Crippen LogP contribution is 2.34. The Hall–Kier alpha value is -2.68. The van der Waals surface area contributed by atoms with E-state index < -0.39 is 12.6 Å². The lowest BCUT2D eigenvalue weighted by molar-refractivity contribution is -0.131. The molecule has 1 amide bonds. The van der Waals surface area contributed by atoms with Gasteiger partial charge in [-0.2, -0.15) is 13.2 Å². The standard InChI is InChI=1S/C22H23F3N4OS/c23-22(24,25)14-17-13-18-20(26-15-27-21(18)31-17)29-11-9-28(10-12-29)19(30)8-4-7-16-5-2-1-3-6-16/h1-3,5-6,13,15H,4,7-12,14H2. The summed E-state index contributed by atoms with van der Waals surface area (Å²) in [5, 5.41) is 0.648. The molecule has 1 fully saturated rings. The Morgan fingerprint density at radius 2 is 1.81 bits per heavy atom. The highest BCUT2D eigenvalue weighted by atomic mass is 32.1. The minimum absolute atomic E-state index is 0.145. The molecule has 2 aromatic heterocycles. The number of thiophene rings is 1. The number of carbonyl (C=O) groups is 1. The van der Waals surface area contributed by atoms with Crippen LogP contribution in [-0.4, -0.2) is 53.1 Å². The molecule has 1 aliphatic heterocycles. The third kappa shape index (κ3) is 5.52. The molecule has 4 rings (SSSR count). The van der Waals surface area contributed by atoms with Gasteiger partial charge in [-0.3, -0.25) is 4.79 Å². The first-order valence-electron chi connectivity index (χ1n) is 10.3. The highest BCUT2D eigenvalue weighted by molar-refractivity contribution is 7.18. The molecule has 1 saturated heterocycles. The maximum Gasteiger partial charge on any atom is 0.393 e. The lowest BCUT2D eigenvalue weighted by Gasteiger charge is -2.35. The maximum atomic E-state index is 12.8. The number of alkyl halides is 3. The second-order valence-electron chi connectivity index (χ2n) is 7.63. The van der Waals surface area contributed by atoms with Gasteiger partial charge in [-0.25, -0.2) is 9.97 Å². The van der Waals surface area contributed by atoms with Crippen molar-refractivity contribution in [3.8, 4) is 0 Å². The number of aryl methyl sites for hydroxylation is 1. The van der Waals surface area contributed by atoms with Gasteiger partial charge in [0, 0.05) is 37.5 Å². The van der Waals surface area contributed by atoms with Gasteiger partial charge >= 0.3 is 6.18 Å². The van der Waals surface area contributed by atoms with Gasteiger partial charge in [-0.15, -0.1) is 11.3 Å². The zero-order valence-electron chi connectivity index (χ0n) is 16.9. The minimum atomic E-state index is -4.25. The topological polar surface area (TPSA) is 49.3 Å². The summed E-state index contributed by atoms with van der Waals surface area (Å²) in [7, 11) is 0. The number of aromatic nitrogens is 2. The predicted molar refractivity (Wildman–Crippen MR) is 115 cm³/mol. The molecule has 0 radical (unpaired) electrons. The van der Waals surface area contributed by atoms with Gasteiger partial charge in [-0.1, -0.05) is 30.3 Å². The van der Waals surface area contributed by atoms with Crippen molar-refractivity contribution in [2.45, 2.75) is 31.9 Å². The molecule has 31 heavy (non-hydrogen) atoms. The molecule has 0 spiro atoms. The quantitative estimate of drug-likeness (QED) is 0.559. The first-order valence-corrected chi connectivity index (χ1v) is 11.1. The summed E-state index contributed by atoms with van der Waals surface area (Å²) in [6, 6.07) is 11.7. The molecule has 0 unspecified atom stereocenters. The van der Waals surface area contributed by atoms with Crippen molar-refractivity contribution in [2.75, 3.05) is 31.1 Å². The van der Waals surface area contributed by atoms with Crippen LogP contribution in [-0.2, 0) is 17.6 Å². The molecule has 1 aliphatic rings. The molecular weight excluding hydrogens is 425 g/mol. The molecular formula is C22H23F3N4OS. The summed E-state index contributed by atoms with van der Waals surface area (Å²) in [4.78, 5) is 25.7. The number of halogens is 3. The molecule has 9 heteroatoms. The van der Waals surface area contributed by atoms with Crippen LogP contribution < -0.4 is 4.90 Å². The Morgan fingerprint density at radius 1 is 1.06 bits per heavy atom. The lowest BCUT2D eigenvalue weighted by atomic mass is 10.1. The van der Waals surface area contributed by atoms with Gasteiger partial charge < -0.3 is 9.80 Å². The number of hydrogen-bond donors (Lipinski definition) is 0. The molecule has 0 aliphatic carbocycles. The maximum absolute atomic E-state index is 12.8. The van der Waals surface area contributed by atoms with E-state index in [1.165, 1.54) is 11.9 Å². The van der Waals surface area contributed by atoms with Gasteiger partial charge in [0.05, 0.1) is 11.8 Å². The fourth-order valence-electron chi connectivity index (χ4n) is 3.84. The van der Waals surface area contributed by atoms with Crippen LogP contribution in [0.3, 0.4) is 0 Å². The number of piperazine rings is 1. The van der Waals surface area contributed by atoms with Crippen LogP contribution in [0.5, 0.6) is 0 Å². The van der Waals surface area contributed by atoms with Crippen molar-refractivity contribution in [3.63, 3.8) is 0 Å². The van der Waals surface area contributed by atoms with Gasteiger partial charge in [0.15, 0.2) is 0 Å². The second kappa shape index (κ2) is 9.21. The van der Waals surface area contributed by atoms with E-state index in [-0.39, 0.29) is 10.8 Å². The minimum Gasteiger partial charge on any atom is -0.352 e. The van der Waals surface area contributed by atoms with E-state index in [1.54, 1.807) is 6.07 Å². The molecule has 0 atom stereocenters. The predicted octanol–water partition coefficient (Wildman–Crippen LogP) is 4.47. The Balaban J connectivity index is 1.34. The second-order valence-corrected chi connectivity index (χ2v) is 8.74. The zero-order valence-corrected chi connectivity index (χ0v) is 17.8. The highest BCUT2D eigenvalue weighted by Gasteiger charge is 2.30. The van der Waals surface area contributed by atoms with Crippen molar-refractivity contribution in [1.29, 1.82) is 0 Å². The Bertz CT molecular complexity index is 1030. The van der Waals surface area contributed by atoms with E-state index in [0.717, 1.165) is 24.2 Å². The third-order valence-electron chi connectivity index (χ3n) is 5.36. The third-order valence-corrected chi connectivity index (χ3v) is 6.41. The average molecular weight is 449 g/mol. The van der Waals surface area contributed by atoms with Crippen molar-refractivity contribution >= 4 is 33.3 Å². The first kappa shape index (κ1) is 21.5. The van der Waals surface area contributed by atoms with Crippen LogP contribution in [0.1, 0.15) is 23.3 Å². The summed E-state index contributed by atoms with van der Waals surface area (Å²) < 4.78 is 38.3. The van der Waals surface area contributed by atoms with Crippen molar-refractivity contribution < 1.29 is 18.0 Å². The number of anilines is 1. The zero-order chi connectivity index (χ0) is 21.8. The largest absolute Gasteiger partial charge is 0.393 e. The van der Waals surface area contributed by atoms with Crippen LogP contribution in [0, 0.1) is 0 Å². The van der Waals surface area contributed by atoms with E-state index in [2.05, 4.69) is 22.1 Å². The van der Waals surface area contributed by atoms with Crippen molar-refractivity contribution in [3.05, 3.63) is 53.2 Å². The number of fused-ring (bicyclic) bond motifs is 1. The molecule has 3 aromatic rings. The molecule has 1 aromatic carbocycles. The summed E-state index contributed by atoms with van der Waals surface area (Å²) in [6.07, 6.45) is -1.61. The number of nitrogens with zero attached hydrogens (tertiary/aromatic N) is 4. The van der Waals surface area contributed by atoms with Crippen LogP contribution in [0.15, 0.2) is 42.7 Å². The Morgan fingerprint density at radius 3 is 2.52 bits per heavy atom. The van der Waals surface area contributed by atoms with Crippen LogP contribution >= 0.6 is 11.3 Å². The van der Waals surface area contributed by atoms with E-state index in [4.69, 9.17) is 0 Å². The summed E-state index contributed by atoms with van der Waals surface area (Å²) >= 11 is 1.05. The van der Waals surface area contributed by atoms with Gasteiger partial charge in [0.25, 0.3) is 0 Å². The average Bonchev–Trinajstić information content (AvgIpc) is 3.15. The fraction of sp³-hybridized carbons (Fsp3) is 0.409. The number of amides is 1. The number of benzene rings is 1. The number of hydrogen-bond acceptors (Lipinski definition) is 5. The number of carbonyl (C=O) groups excluding carboxylic acids is 1. The Kier molecular flexibility index (Phi) is 6.41. The van der Waals surface area contributed by atoms with E-state index in [9.17, 15) is 18.0 Å². The van der Waals surface area contributed by atoms with E-state index >= 15 is 0 Å². The SMILES string of the molecule is O=C(CCCc1ccccc1)N1CCN(c2ncnc3sc(CC(F)(F)F)cc23)CC1. The smallest absolute Gasteiger partial charge is 0.352 e. The molecule has 5 nitrogen and oxygen atoms in total. The van der Waals surface area contributed by atoms with Crippen molar-refractivity contribution in [1.82, 2.24) is 14.9 Å². The van der Waals surface area contributed by atoms with Gasteiger partial charge in [0.2, 0.25) is 5.91 Å².